The van der Waals surface area contributed by atoms with Gasteiger partial charge in [-0.2, -0.15) is 4.80 Å². The Kier molecular flexibility index (Phi) is 4.10. The monoisotopic (exact) mass is 362 g/mol. The summed E-state index contributed by atoms with van der Waals surface area (Å²) in [6, 6.07) is 11.1. The van der Waals surface area contributed by atoms with E-state index in [0.717, 1.165) is 22.4 Å². The average molecular weight is 363 g/mol. The van der Waals surface area contributed by atoms with Crippen molar-refractivity contribution >= 4 is 23.2 Å². The van der Waals surface area contributed by atoms with Crippen molar-refractivity contribution < 1.29 is 9.47 Å². The summed E-state index contributed by atoms with van der Waals surface area (Å²) in [6.45, 7) is 1.08. The van der Waals surface area contributed by atoms with Crippen LogP contribution in [-0.4, -0.2) is 27.0 Å². The van der Waals surface area contributed by atoms with Gasteiger partial charge in [-0.15, -0.1) is 10.2 Å². The van der Waals surface area contributed by atoms with Gasteiger partial charge in [0.1, 0.15) is 5.75 Å². The first-order chi connectivity index (χ1) is 11.7. The molecule has 24 heavy (non-hydrogen) atoms. The van der Waals surface area contributed by atoms with Crippen molar-refractivity contribution in [3.8, 4) is 17.1 Å². The van der Waals surface area contributed by atoms with Crippen LogP contribution in [0.2, 0.25) is 10.0 Å². The maximum Gasteiger partial charge on any atom is 0.206 e. The fraction of sp³-hybridized carbons (Fsp3) is 0.188. The normalized spacial score (nSPS) is 13.4. The standard InChI is InChI=1S/C16H12Cl2N4O2/c17-12-5-10(15-11(6-12)8-23-9-24-15)7-22-20-16(19-21-22)13-3-1-2-4-14(13)18/h1-6H,7-9H2. The van der Waals surface area contributed by atoms with Gasteiger partial charge < -0.3 is 9.47 Å². The highest BCUT2D eigenvalue weighted by molar-refractivity contribution is 6.33. The summed E-state index contributed by atoms with van der Waals surface area (Å²) in [5.41, 5.74) is 2.53. The molecule has 1 aromatic heterocycles. The van der Waals surface area contributed by atoms with E-state index in [1.165, 1.54) is 4.80 Å². The predicted molar refractivity (Wildman–Crippen MR) is 89.1 cm³/mol. The molecule has 6 nitrogen and oxygen atoms in total. The minimum atomic E-state index is 0.220. The molecule has 0 saturated carbocycles. The van der Waals surface area contributed by atoms with Crippen molar-refractivity contribution in [2.45, 2.75) is 13.2 Å². The van der Waals surface area contributed by atoms with Crippen LogP contribution in [0.3, 0.4) is 0 Å². The van der Waals surface area contributed by atoms with Crippen molar-refractivity contribution in [2.75, 3.05) is 6.79 Å². The van der Waals surface area contributed by atoms with E-state index in [1.54, 1.807) is 6.07 Å². The molecule has 0 amide bonds. The summed E-state index contributed by atoms with van der Waals surface area (Å²) in [5, 5.41) is 13.8. The number of hydrogen-bond donors (Lipinski definition) is 0. The van der Waals surface area contributed by atoms with E-state index >= 15 is 0 Å². The molecule has 122 valence electrons. The zero-order valence-electron chi connectivity index (χ0n) is 12.4. The van der Waals surface area contributed by atoms with Crippen molar-refractivity contribution in [1.29, 1.82) is 0 Å². The third-order valence-corrected chi connectivity index (χ3v) is 4.18. The molecule has 0 bridgehead atoms. The molecule has 0 spiro atoms. The molecule has 8 heteroatoms. The molecule has 3 aromatic rings. The second-order valence-corrected chi connectivity index (χ2v) is 6.13. The zero-order chi connectivity index (χ0) is 16.5. The summed E-state index contributed by atoms with van der Waals surface area (Å²) >= 11 is 12.4. The summed E-state index contributed by atoms with van der Waals surface area (Å²) in [6.07, 6.45) is 0. The lowest BCUT2D eigenvalue weighted by Gasteiger charge is -2.20. The van der Waals surface area contributed by atoms with Crippen molar-refractivity contribution in [2.24, 2.45) is 0 Å². The average Bonchev–Trinajstić information content (AvgIpc) is 3.03. The Balaban J connectivity index is 1.66. The smallest absolute Gasteiger partial charge is 0.206 e. The summed E-state index contributed by atoms with van der Waals surface area (Å²) in [5.74, 6) is 1.24. The van der Waals surface area contributed by atoms with Gasteiger partial charge in [-0.25, -0.2) is 0 Å². The third-order valence-electron chi connectivity index (χ3n) is 3.63. The van der Waals surface area contributed by atoms with Gasteiger partial charge in [0.15, 0.2) is 6.79 Å². The number of ether oxygens (including phenoxy) is 2. The SMILES string of the molecule is Clc1cc2c(c(Cn3nnc(-c4ccccc4Cl)n3)c1)OCOC2. The number of fused-ring (bicyclic) bond motifs is 1. The van der Waals surface area contributed by atoms with Gasteiger partial charge in [-0.3, -0.25) is 0 Å². The van der Waals surface area contributed by atoms with E-state index in [9.17, 15) is 0 Å². The molecule has 0 unspecified atom stereocenters. The van der Waals surface area contributed by atoms with Crippen LogP contribution < -0.4 is 4.74 Å². The van der Waals surface area contributed by atoms with Crippen LogP contribution in [0, 0.1) is 0 Å². The first-order valence-corrected chi connectivity index (χ1v) is 8.01. The number of halogens is 2. The van der Waals surface area contributed by atoms with Crippen molar-refractivity contribution in [3.63, 3.8) is 0 Å². The van der Waals surface area contributed by atoms with Crippen molar-refractivity contribution in [1.82, 2.24) is 20.2 Å². The Hall–Kier alpha value is -2.15. The van der Waals surface area contributed by atoms with E-state index in [1.807, 2.05) is 30.3 Å². The maximum atomic E-state index is 6.18. The highest BCUT2D eigenvalue weighted by Gasteiger charge is 2.18. The van der Waals surface area contributed by atoms with Crippen LogP contribution in [0.5, 0.6) is 5.75 Å². The van der Waals surface area contributed by atoms with Gasteiger partial charge in [0, 0.05) is 21.7 Å². The van der Waals surface area contributed by atoms with Gasteiger partial charge in [-0.1, -0.05) is 35.3 Å². The molecule has 0 radical (unpaired) electrons. The Morgan fingerprint density at radius 1 is 1.17 bits per heavy atom. The lowest BCUT2D eigenvalue weighted by molar-refractivity contribution is -0.0171. The van der Waals surface area contributed by atoms with Gasteiger partial charge in [0.2, 0.25) is 5.82 Å². The van der Waals surface area contributed by atoms with Crippen molar-refractivity contribution in [3.05, 3.63) is 57.6 Å². The number of nitrogens with zero attached hydrogens (tertiary/aromatic N) is 4. The molecule has 0 fully saturated rings. The first kappa shape index (κ1) is 15.4. The van der Waals surface area contributed by atoms with E-state index in [4.69, 9.17) is 32.7 Å². The molecule has 1 aliphatic rings. The van der Waals surface area contributed by atoms with Crippen LogP contribution in [0.25, 0.3) is 11.4 Å². The molecule has 0 saturated heterocycles. The molecule has 1 aliphatic heterocycles. The molecule has 0 atom stereocenters. The second-order valence-electron chi connectivity index (χ2n) is 5.29. The molecule has 0 N–H and O–H groups in total. The topological polar surface area (TPSA) is 62.1 Å². The van der Waals surface area contributed by atoms with Crippen LogP contribution >= 0.6 is 23.2 Å². The highest BCUT2D eigenvalue weighted by atomic mass is 35.5. The number of tetrazole rings is 1. The van der Waals surface area contributed by atoms with Gasteiger partial charge in [-0.05, 0) is 29.5 Å². The number of aromatic nitrogens is 4. The van der Waals surface area contributed by atoms with E-state index in [-0.39, 0.29) is 6.79 Å². The van der Waals surface area contributed by atoms with Gasteiger partial charge >= 0.3 is 0 Å². The minimum absolute atomic E-state index is 0.220. The number of hydrogen-bond acceptors (Lipinski definition) is 5. The fourth-order valence-corrected chi connectivity index (χ4v) is 3.07. The van der Waals surface area contributed by atoms with E-state index in [0.29, 0.717) is 29.0 Å². The lowest BCUT2D eigenvalue weighted by atomic mass is 10.1. The Labute approximate surface area is 147 Å². The Morgan fingerprint density at radius 3 is 2.92 bits per heavy atom. The maximum absolute atomic E-state index is 6.18. The molecular formula is C16H12Cl2N4O2. The van der Waals surface area contributed by atoms with E-state index in [2.05, 4.69) is 15.4 Å². The van der Waals surface area contributed by atoms with Crippen LogP contribution in [0.4, 0.5) is 0 Å². The highest BCUT2D eigenvalue weighted by Crippen LogP contribution is 2.32. The summed E-state index contributed by atoms with van der Waals surface area (Å²) in [4.78, 5) is 1.49. The molecule has 2 heterocycles. The van der Waals surface area contributed by atoms with Crippen LogP contribution in [-0.2, 0) is 17.9 Å². The van der Waals surface area contributed by atoms with E-state index < -0.39 is 0 Å². The molecule has 2 aromatic carbocycles. The quantitative estimate of drug-likeness (QED) is 0.712. The predicted octanol–water partition coefficient (Wildman–Crippen LogP) is 3.56. The lowest BCUT2D eigenvalue weighted by Crippen LogP contribution is -2.15. The minimum Gasteiger partial charge on any atom is -0.467 e. The third kappa shape index (κ3) is 2.96. The second kappa shape index (κ2) is 6.39. The fourth-order valence-electron chi connectivity index (χ4n) is 2.59. The largest absolute Gasteiger partial charge is 0.467 e. The van der Waals surface area contributed by atoms with Gasteiger partial charge in [0.25, 0.3) is 0 Å². The summed E-state index contributed by atoms with van der Waals surface area (Å²) < 4.78 is 10.9. The summed E-state index contributed by atoms with van der Waals surface area (Å²) in [7, 11) is 0. The Bertz CT molecular complexity index is 898. The number of benzene rings is 2. The zero-order valence-corrected chi connectivity index (χ0v) is 14.0. The molecule has 0 aliphatic carbocycles. The Morgan fingerprint density at radius 2 is 2.04 bits per heavy atom. The number of rotatable bonds is 3. The molecule has 4 rings (SSSR count). The molecular weight excluding hydrogens is 351 g/mol. The van der Waals surface area contributed by atoms with Gasteiger partial charge in [0.05, 0.1) is 18.2 Å². The first-order valence-electron chi connectivity index (χ1n) is 7.25. The van der Waals surface area contributed by atoms with Crippen LogP contribution in [0.1, 0.15) is 11.1 Å². The van der Waals surface area contributed by atoms with Crippen LogP contribution in [0.15, 0.2) is 36.4 Å².